The molecule has 1 aliphatic heterocycles. The zero-order valence-corrected chi connectivity index (χ0v) is 12.4. The third-order valence-electron chi connectivity index (χ3n) is 4.27. The van der Waals surface area contributed by atoms with E-state index in [-0.39, 0.29) is 6.03 Å². The van der Waals surface area contributed by atoms with Gasteiger partial charge in [0.15, 0.2) is 0 Å². The van der Waals surface area contributed by atoms with Crippen molar-refractivity contribution in [3.63, 3.8) is 0 Å². The Labute approximate surface area is 129 Å². The van der Waals surface area contributed by atoms with Crippen molar-refractivity contribution >= 4 is 28.3 Å². The van der Waals surface area contributed by atoms with E-state index >= 15 is 0 Å². The van der Waals surface area contributed by atoms with Gasteiger partial charge in [0, 0.05) is 36.4 Å². The Morgan fingerprint density at radius 2 is 1.86 bits per heavy atom. The highest BCUT2D eigenvalue weighted by Gasteiger charge is 2.24. The fraction of sp³-hybridized carbons (Fsp3) is 0.167. The molecule has 0 aliphatic carbocycles. The average molecular weight is 291 g/mol. The van der Waals surface area contributed by atoms with E-state index in [1.165, 1.54) is 5.56 Å². The number of anilines is 2. The van der Waals surface area contributed by atoms with Gasteiger partial charge in [-0.25, -0.2) is 4.79 Å². The summed E-state index contributed by atoms with van der Waals surface area (Å²) < 4.78 is 2.03. The fourth-order valence-electron chi connectivity index (χ4n) is 3.17. The zero-order valence-electron chi connectivity index (χ0n) is 12.4. The summed E-state index contributed by atoms with van der Waals surface area (Å²) in [5, 5.41) is 4.12. The van der Waals surface area contributed by atoms with Crippen molar-refractivity contribution < 1.29 is 4.79 Å². The molecule has 4 heteroatoms. The molecule has 3 aromatic rings. The van der Waals surface area contributed by atoms with E-state index in [4.69, 9.17) is 0 Å². The van der Waals surface area contributed by atoms with E-state index < -0.39 is 0 Å². The third-order valence-corrected chi connectivity index (χ3v) is 4.27. The second-order valence-electron chi connectivity index (χ2n) is 5.63. The molecule has 1 aliphatic rings. The van der Waals surface area contributed by atoms with Crippen LogP contribution >= 0.6 is 0 Å². The maximum atomic E-state index is 12.6. The first-order chi connectivity index (χ1) is 10.7. The van der Waals surface area contributed by atoms with E-state index in [0.717, 1.165) is 35.2 Å². The number of carbonyl (C=O) groups excluding carboxylic acids is 1. The molecule has 1 aromatic heterocycles. The van der Waals surface area contributed by atoms with Gasteiger partial charge in [0.2, 0.25) is 0 Å². The minimum absolute atomic E-state index is 0.0682. The number of aryl methyl sites for hydroxylation is 1. The van der Waals surface area contributed by atoms with Crippen LogP contribution in [-0.2, 0) is 13.5 Å². The molecule has 4 rings (SSSR count). The van der Waals surface area contributed by atoms with Crippen LogP contribution in [0.15, 0.2) is 54.7 Å². The Hall–Kier alpha value is -2.75. The molecule has 1 N–H and O–H groups in total. The summed E-state index contributed by atoms with van der Waals surface area (Å²) in [6.45, 7) is 0.732. The Bertz CT molecular complexity index is 866. The summed E-state index contributed by atoms with van der Waals surface area (Å²) in [7, 11) is 1.99. The molecule has 0 atom stereocenters. The van der Waals surface area contributed by atoms with Gasteiger partial charge in [0.1, 0.15) is 0 Å². The molecule has 110 valence electrons. The third kappa shape index (κ3) is 1.96. The summed E-state index contributed by atoms with van der Waals surface area (Å²) >= 11 is 0. The van der Waals surface area contributed by atoms with Gasteiger partial charge in [0.25, 0.3) is 0 Å². The lowest BCUT2D eigenvalue weighted by atomic mass is 10.2. The summed E-state index contributed by atoms with van der Waals surface area (Å²) in [6, 6.07) is 16.1. The maximum absolute atomic E-state index is 12.6. The number of nitrogens with one attached hydrogen (secondary N) is 1. The van der Waals surface area contributed by atoms with Crippen molar-refractivity contribution in [2.24, 2.45) is 7.05 Å². The van der Waals surface area contributed by atoms with Gasteiger partial charge >= 0.3 is 6.03 Å². The second-order valence-corrected chi connectivity index (χ2v) is 5.63. The molecule has 0 saturated carbocycles. The number of benzene rings is 2. The summed E-state index contributed by atoms with van der Waals surface area (Å²) in [5.41, 5.74) is 4.21. The largest absolute Gasteiger partial charge is 0.348 e. The number of rotatable bonds is 1. The van der Waals surface area contributed by atoms with Crippen molar-refractivity contribution in [2.75, 3.05) is 16.8 Å². The molecule has 0 fully saturated rings. The van der Waals surface area contributed by atoms with Gasteiger partial charge in [-0.2, -0.15) is 0 Å². The zero-order chi connectivity index (χ0) is 15.1. The lowest BCUT2D eigenvalue weighted by molar-refractivity contribution is 0.257. The average Bonchev–Trinajstić information content (AvgIpc) is 3.10. The molecular weight excluding hydrogens is 274 g/mol. The number of aromatic nitrogens is 1. The molecule has 2 amide bonds. The van der Waals surface area contributed by atoms with Crippen LogP contribution in [0.2, 0.25) is 0 Å². The van der Waals surface area contributed by atoms with Crippen molar-refractivity contribution in [1.29, 1.82) is 0 Å². The predicted octanol–water partition coefficient (Wildman–Crippen LogP) is 3.77. The number of para-hydroxylation sites is 2. The summed E-state index contributed by atoms with van der Waals surface area (Å²) in [6.07, 6.45) is 2.88. The van der Waals surface area contributed by atoms with Crippen LogP contribution < -0.4 is 10.2 Å². The molecule has 0 radical (unpaired) electrons. The number of hydrogen-bond acceptors (Lipinski definition) is 1. The minimum Gasteiger partial charge on any atom is -0.348 e. The predicted molar refractivity (Wildman–Crippen MR) is 89.4 cm³/mol. The monoisotopic (exact) mass is 291 g/mol. The minimum atomic E-state index is -0.0682. The van der Waals surface area contributed by atoms with Crippen molar-refractivity contribution in [1.82, 2.24) is 4.57 Å². The number of hydrogen-bond donors (Lipinski definition) is 1. The first-order valence-corrected chi connectivity index (χ1v) is 7.44. The number of fused-ring (bicyclic) bond motifs is 2. The van der Waals surface area contributed by atoms with E-state index in [1.807, 2.05) is 59.1 Å². The Morgan fingerprint density at radius 1 is 1.09 bits per heavy atom. The molecule has 0 unspecified atom stereocenters. The Morgan fingerprint density at radius 3 is 2.77 bits per heavy atom. The SMILES string of the molecule is Cn1cc(NC(=O)N2CCc3ccccc32)c2ccccc21. The van der Waals surface area contributed by atoms with Gasteiger partial charge in [0.05, 0.1) is 5.69 Å². The molecule has 2 aromatic carbocycles. The quantitative estimate of drug-likeness (QED) is 0.728. The molecule has 2 heterocycles. The molecule has 0 bridgehead atoms. The lowest BCUT2D eigenvalue weighted by Gasteiger charge is -2.17. The van der Waals surface area contributed by atoms with Crippen LogP contribution in [0.5, 0.6) is 0 Å². The Kier molecular flexibility index (Phi) is 2.89. The van der Waals surface area contributed by atoms with Gasteiger partial charge < -0.3 is 9.88 Å². The van der Waals surface area contributed by atoms with Gasteiger partial charge in [-0.3, -0.25) is 4.90 Å². The topological polar surface area (TPSA) is 37.3 Å². The normalized spacial score (nSPS) is 13.4. The molecule has 4 nitrogen and oxygen atoms in total. The lowest BCUT2D eigenvalue weighted by Crippen LogP contribution is -2.33. The molecule has 0 saturated heterocycles. The highest BCUT2D eigenvalue weighted by atomic mass is 16.2. The van der Waals surface area contributed by atoms with Crippen molar-refractivity contribution in [3.8, 4) is 0 Å². The maximum Gasteiger partial charge on any atom is 0.326 e. The van der Waals surface area contributed by atoms with Gasteiger partial charge in [-0.15, -0.1) is 0 Å². The van der Waals surface area contributed by atoms with Crippen molar-refractivity contribution in [3.05, 3.63) is 60.3 Å². The van der Waals surface area contributed by atoms with Crippen LogP contribution in [-0.4, -0.2) is 17.1 Å². The second kappa shape index (κ2) is 4.91. The Balaban J connectivity index is 1.65. The van der Waals surface area contributed by atoms with E-state index in [1.54, 1.807) is 0 Å². The smallest absolute Gasteiger partial charge is 0.326 e. The standard InChI is InChI=1S/C18H17N3O/c1-20-12-15(14-7-3-5-9-17(14)20)19-18(22)21-11-10-13-6-2-4-8-16(13)21/h2-9,12H,10-11H2,1H3,(H,19,22). The summed E-state index contributed by atoms with van der Waals surface area (Å²) in [5.74, 6) is 0. The number of urea groups is 1. The van der Waals surface area contributed by atoms with E-state index in [2.05, 4.69) is 17.4 Å². The first-order valence-electron chi connectivity index (χ1n) is 7.44. The van der Waals surface area contributed by atoms with Crippen LogP contribution in [0.1, 0.15) is 5.56 Å². The molecular formula is C18H17N3O. The van der Waals surface area contributed by atoms with Crippen LogP contribution in [0.25, 0.3) is 10.9 Å². The van der Waals surface area contributed by atoms with Crippen molar-refractivity contribution in [2.45, 2.75) is 6.42 Å². The summed E-state index contributed by atoms with van der Waals surface area (Å²) in [4.78, 5) is 14.5. The highest BCUT2D eigenvalue weighted by Crippen LogP contribution is 2.29. The van der Waals surface area contributed by atoms with Gasteiger partial charge in [-0.05, 0) is 24.1 Å². The van der Waals surface area contributed by atoms with E-state index in [0.29, 0.717) is 0 Å². The van der Waals surface area contributed by atoms with E-state index in [9.17, 15) is 4.79 Å². The highest BCUT2D eigenvalue weighted by molar-refractivity contribution is 6.08. The first kappa shape index (κ1) is 13.0. The number of nitrogens with zero attached hydrogens (tertiary/aromatic N) is 2. The molecule has 0 spiro atoms. The van der Waals surface area contributed by atoms with Gasteiger partial charge in [-0.1, -0.05) is 36.4 Å². The number of amides is 2. The number of carbonyl (C=O) groups is 1. The van der Waals surface area contributed by atoms with Crippen LogP contribution in [0, 0.1) is 0 Å². The van der Waals surface area contributed by atoms with Crippen LogP contribution in [0.3, 0.4) is 0 Å². The van der Waals surface area contributed by atoms with Crippen LogP contribution in [0.4, 0.5) is 16.2 Å². The molecule has 22 heavy (non-hydrogen) atoms. The fourth-order valence-corrected chi connectivity index (χ4v) is 3.17.